The van der Waals surface area contributed by atoms with E-state index in [9.17, 15) is 9.18 Å². The summed E-state index contributed by atoms with van der Waals surface area (Å²) in [7, 11) is 0. The Hall–Kier alpha value is -0.880. The molecule has 1 aromatic rings. The number of hydrogen-bond acceptors (Lipinski definition) is 3. The minimum atomic E-state index is -0.996. The van der Waals surface area contributed by atoms with Gasteiger partial charge in [-0.25, -0.2) is 4.39 Å². The number of benzene rings is 1. The van der Waals surface area contributed by atoms with Gasteiger partial charge in [-0.15, -0.1) is 23.2 Å². The predicted octanol–water partition coefficient (Wildman–Crippen LogP) is 2.90. The highest BCUT2D eigenvalue weighted by molar-refractivity contribution is 6.53. The Morgan fingerprint density at radius 3 is 2.67 bits per heavy atom. The van der Waals surface area contributed by atoms with Gasteiger partial charge in [-0.2, -0.15) is 0 Å². The molecule has 132 valence electrons. The van der Waals surface area contributed by atoms with Gasteiger partial charge in [-0.05, 0) is 31.0 Å². The second-order valence-corrected chi connectivity index (χ2v) is 8.13. The molecule has 1 amide bonds. The molecule has 1 aromatic carbocycles. The molecule has 0 unspecified atom stereocenters. The van der Waals surface area contributed by atoms with Crippen LogP contribution in [-0.4, -0.2) is 48.0 Å². The SMILES string of the molecule is C[C@@]1(C(=O)NC[C@@H](c2cccc(F)c2)N2CCOCC2)CC1(Cl)Cl. The van der Waals surface area contributed by atoms with E-state index in [0.717, 1.165) is 18.7 Å². The summed E-state index contributed by atoms with van der Waals surface area (Å²) in [6.45, 7) is 4.87. The van der Waals surface area contributed by atoms with Gasteiger partial charge >= 0.3 is 0 Å². The van der Waals surface area contributed by atoms with Gasteiger partial charge in [0.25, 0.3) is 0 Å². The number of morpholine rings is 1. The van der Waals surface area contributed by atoms with E-state index in [-0.39, 0.29) is 17.8 Å². The highest BCUT2D eigenvalue weighted by atomic mass is 35.5. The standard InChI is InChI=1S/C17H21Cl2FN2O2/c1-16(11-17(16,18)19)15(23)21-10-14(22-5-7-24-8-6-22)12-3-2-4-13(20)9-12/h2-4,9,14H,5-8,10-11H2,1H3,(H,21,23)/t14-,16-/m0/s1. The van der Waals surface area contributed by atoms with Crippen LogP contribution >= 0.6 is 23.2 Å². The lowest BCUT2D eigenvalue weighted by atomic mass is 10.0. The number of ether oxygens (including phenoxy) is 1. The first-order valence-corrected chi connectivity index (χ1v) is 8.82. The number of amides is 1. The van der Waals surface area contributed by atoms with Crippen LogP contribution in [0, 0.1) is 11.2 Å². The van der Waals surface area contributed by atoms with Crippen LogP contribution in [0.2, 0.25) is 0 Å². The van der Waals surface area contributed by atoms with Crippen LogP contribution in [0.1, 0.15) is 24.9 Å². The van der Waals surface area contributed by atoms with Crippen molar-refractivity contribution in [2.75, 3.05) is 32.8 Å². The van der Waals surface area contributed by atoms with Crippen LogP contribution in [-0.2, 0) is 9.53 Å². The number of carbonyl (C=O) groups is 1. The van der Waals surface area contributed by atoms with Crippen molar-refractivity contribution < 1.29 is 13.9 Å². The van der Waals surface area contributed by atoms with Crippen LogP contribution in [0.15, 0.2) is 24.3 Å². The van der Waals surface area contributed by atoms with Crippen LogP contribution in [0.3, 0.4) is 0 Å². The number of halogens is 3. The molecular formula is C17H21Cl2FN2O2. The lowest BCUT2D eigenvalue weighted by Gasteiger charge is -2.35. The van der Waals surface area contributed by atoms with Gasteiger partial charge in [-0.1, -0.05) is 12.1 Å². The summed E-state index contributed by atoms with van der Waals surface area (Å²) in [6, 6.07) is 6.38. The molecule has 1 aliphatic carbocycles. The van der Waals surface area contributed by atoms with E-state index in [4.69, 9.17) is 27.9 Å². The van der Waals surface area contributed by atoms with Crippen molar-refractivity contribution in [2.45, 2.75) is 23.7 Å². The Morgan fingerprint density at radius 1 is 1.42 bits per heavy atom. The Kier molecular flexibility index (Phi) is 5.07. The first-order valence-electron chi connectivity index (χ1n) is 8.07. The van der Waals surface area contributed by atoms with Crippen molar-refractivity contribution >= 4 is 29.1 Å². The molecule has 3 rings (SSSR count). The third-order valence-corrected chi connectivity index (χ3v) is 6.04. The quantitative estimate of drug-likeness (QED) is 0.805. The zero-order chi connectivity index (χ0) is 17.4. The molecule has 0 spiro atoms. The number of hydrogen-bond donors (Lipinski definition) is 1. The van der Waals surface area contributed by atoms with Gasteiger partial charge in [-0.3, -0.25) is 9.69 Å². The first-order chi connectivity index (χ1) is 11.3. The second-order valence-electron chi connectivity index (χ2n) is 6.64. The Labute approximate surface area is 151 Å². The smallest absolute Gasteiger partial charge is 0.229 e. The average molecular weight is 375 g/mol. The lowest BCUT2D eigenvalue weighted by Crippen LogP contribution is -2.45. The molecule has 1 heterocycles. The molecule has 0 bridgehead atoms. The molecule has 1 aliphatic heterocycles. The fourth-order valence-corrected chi connectivity index (χ4v) is 3.80. The largest absolute Gasteiger partial charge is 0.379 e. The maximum absolute atomic E-state index is 13.6. The molecule has 2 atom stereocenters. The summed E-state index contributed by atoms with van der Waals surface area (Å²) in [6.07, 6.45) is 0.442. The number of rotatable bonds is 5. The van der Waals surface area contributed by atoms with Crippen molar-refractivity contribution in [1.82, 2.24) is 10.2 Å². The molecule has 7 heteroatoms. The molecule has 1 N–H and O–H groups in total. The van der Waals surface area contributed by atoms with E-state index in [1.807, 2.05) is 6.07 Å². The van der Waals surface area contributed by atoms with Crippen LogP contribution in [0.4, 0.5) is 4.39 Å². The molecule has 2 aliphatic rings. The summed E-state index contributed by atoms with van der Waals surface area (Å²) < 4.78 is 18.0. The summed E-state index contributed by atoms with van der Waals surface area (Å²) in [5, 5.41) is 2.94. The first kappa shape index (κ1) is 17.9. The van der Waals surface area contributed by atoms with Crippen molar-refractivity contribution in [3.63, 3.8) is 0 Å². The van der Waals surface area contributed by atoms with Crippen molar-refractivity contribution in [3.05, 3.63) is 35.6 Å². The third kappa shape index (κ3) is 3.54. The van der Waals surface area contributed by atoms with E-state index in [0.29, 0.717) is 26.2 Å². The summed E-state index contributed by atoms with van der Waals surface area (Å²) in [5.41, 5.74) is 0.0781. The Morgan fingerprint density at radius 2 is 2.08 bits per heavy atom. The fraction of sp³-hybridized carbons (Fsp3) is 0.588. The number of nitrogens with one attached hydrogen (secondary N) is 1. The van der Waals surface area contributed by atoms with Crippen LogP contribution in [0.5, 0.6) is 0 Å². The summed E-state index contributed by atoms with van der Waals surface area (Å²) in [4.78, 5) is 14.6. The van der Waals surface area contributed by atoms with Gasteiger partial charge in [0.15, 0.2) is 0 Å². The zero-order valence-electron chi connectivity index (χ0n) is 13.5. The minimum Gasteiger partial charge on any atom is -0.379 e. The average Bonchev–Trinajstić information content (AvgIpc) is 3.08. The molecule has 24 heavy (non-hydrogen) atoms. The van der Waals surface area contributed by atoms with Gasteiger partial charge in [0.1, 0.15) is 10.2 Å². The van der Waals surface area contributed by atoms with Crippen LogP contribution < -0.4 is 5.32 Å². The van der Waals surface area contributed by atoms with Crippen molar-refractivity contribution in [1.29, 1.82) is 0 Å². The Balaban J connectivity index is 1.72. The van der Waals surface area contributed by atoms with Gasteiger partial charge in [0.2, 0.25) is 5.91 Å². The van der Waals surface area contributed by atoms with Crippen molar-refractivity contribution in [2.24, 2.45) is 5.41 Å². The maximum atomic E-state index is 13.6. The number of nitrogens with zero attached hydrogens (tertiary/aromatic N) is 1. The minimum absolute atomic E-state index is 0.115. The van der Waals surface area contributed by atoms with Crippen molar-refractivity contribution in [3.8, 4) is 0 Å². The molecular weight excluding hydrogens is 354 g/mol. The molecule has 4 nitrogen and oxygen atoms in total. The predicted molar refractivity (Wildman–Crippen MR) is 91.7 cm³/mol. The highest BCUT2D eigenvalue weighted by Gasteiger charge is 2.67. The fourth-order valence-electron chi connectivity index (χ4n) is 3.09. The molecule has 1 saturated carbocycles. The van der Waals surface area contributed by atoms with Gasteiger partial charge < -0.3 is 10.1 Å². The summed E-state index contributed by atoms with van der Waals surface area (Å²) >= 11 is 12.1. The third-order valence-electron chi connectivity index (χ3n) is 4.93. The highest BCUT2D eigenvalue weighted by Crippen LogP contribution is 2.63. The molecule has 2 fully saturated rings. The van der Waals surface area contributed by atoms with E-state index >= 15 is 0 Å². The van der Waals surface area contributed by atoms with E-state index < -0.39 is 9.75 Å². The van der Waals surface area contributed by atoms with Gasteiger partial charge in [0.05, 0.1) is 24.7 Å². The molecule has 0 radical (unpaired) electrons. The normalized spacial score (nSPS) is 27.5. The molecule has 1 saturated heterocycles. The van der Waals surface area contributed by atoms with Crippen LogP contribution in [0.25, 0.3) is 0 Å². The second kappa shape index (κ2) is 6.79. The van der Waals surface area contributed by atoms with E-state index in [1.165, 1.54) is 12.1 Å². The number of carbonyl (C=O) groups excluding carboxylic acids is 1. The number of alkyl halides is 2. The van der Waals surface area contributed by atoms with E-state index in [1.54, 1.807) is 13.0 Å². The van der Waals surface area contributed by atoms with E-state index in [2.05, 4.69) is 10.2 Å². The Bertz CT molecular complexity index is 622. The zero-order valence-corrected chi connectivity index (χ0v) is 15.0. The maximum Gasteiger partial charge on any atom is 0.229 e. The molecule has 0 aromatic heterocycles. The monoisotopic (exact) mass is 374 g/mol. The summed E-state index contributed by atoms with van der Waals surface area (Å²) in [5.74, 6) is -0.450. The van der Waals surface area contributed by atoms with Gasteiger partial charge in [0, 0.05) is 19.6 Å². The topological polar surface area (TPSA) is 41.6 Å². The lowest BCUT2D eigenvalue weighted by molar-refractivity contribution is -0.126.